The molecule has 1 aromatic rings. The van der Waals surface area contributed by atoms with E-state index in [0.29, 0.717) is 31.8 Å². The van der Waals surface area contributed by atoms with Crippen LogP contribution >= 0.6 is 0 Å². The molecule has 7 nitrogen and oxygen atoms in total. The largest absolute Gasteiger partial charge is 0.340 e. The minimum Gasteiger partial charge on any atom is -0.340 e. The van der Waals surface area contributed by atoms with Crippen molar-refractivity contribution < 1.29 is 14.4 Å². The maximum Gasteiger partial charge on any atom is 0.325 e. The molecule has 1 aliphatic carbocycles. The lowest BCUT2D eigenvalue weighted by Gasteiger charge is -2.33. The molecule has 0 atom stereocenters. The van der Waals surface area contributed by atoms with Gasteiger partial charge in [0, 0.05) is 32.7 Å². The van der Waals surface area contributed by atoms with E-state index in [1.165, 1.54) is 5.56 Å². The molecule has 3 aliphatic rings. The predicted octanol–water partition coefficient (Wildman–Crippen LogP) is 2.22. The summed E-state index contributed by atoms with van der Waals surface area (Å²) in [7, 11) is 0. The third kappa shape index (κ3) is 4.36. The summed E-state index contributed by atoms with van der Waals surface area (Å²) in [5.74, 6) is 0.224. The molecule has 2 saturated heterocycles. The lowest BCUT2D eigenvalue weighted by Crippen LogP contribution is -2.50. The maximum atomic E-state index is 13.0. The van der Waals surface area contributed by atoms with Crippen LogP contribution in [0.4, 0.5) is 4.79 Å². The molecule has 7 heteroatoms. The van der Waals surface area contributed by atoms with Gasteiger partial charge in [0.2, 0.25) is 5.91 Å². The third-order valence-electron chi connectivity index (χ3n) is 6.86. The molecule has 2 aliphatic heterocycles. The van der Waals surface area contributed by atoms with Crippen LogP contribution in [0.5, 0.6) is 0 Å². The zero-order valence-corrected chi connectivity index (χ0v) is 17.8. The maximum absolute atomic E-state index is 13.0. The van der Waals surface area contributed by atoms with Crippen molar-refractivity contribution >= 4 is 17.8 Å². The van der Waals surface area contributed by atoms with Crippen LogP contribution in [0.2, 0.25) is 0 Å². The zero-order chi connectivity index (χ0) is 21.1. The van der Waals surface area contributed by atoms with E-state index in [1.54, 1.807) is 4.90 Å². The summed E-state index contributed by atoms with van der Waals surface area (Å²) >= 11 is 0. The van der Waals surface area contributed by atoms with Crippen LogP contribution in [0.25, 0.3) is 0 Å². The number of rotatable bonds is 4. The van der Waals surface area contributed by atoms with Gasteiger partial charge in [-0.05, 0) is 43.6 Å². The van der Waals surface area contributed by atoms with Crippen LogP contribution in [0.3, 0.4) is 0 Å². The van der Waals surface area contributed by atoms with Gasteiger partial charge < -0.3 is 10.2 Å². The summed E-state index contributed by atoms with van der Waals surface area (Å²) < 4.78 is 0. The summed E-state index contributed by atoms with van der Waals surface area (Å²) in [5.41, 5.74) is 0.485. The number of hydrogen-bond donors (Lipinski definition) is 1. The number of benzene rings is 1. The first-order chi connectivity index (χ1) is 14.5. The normalized spacial score (nSPS) is 28.0. The van der Waals surface area contributed by atoms with Crippen LogP contribution in [0.15, 0.2) is 30.3 Å². The summed E-state index contributed by atoms with van der Waals surface area (Å²) in [6.45, 7) is 5.91. The topological polar surface area (TPSA) is 73.0 Å². The van der Waals surface area contributed by atoms with Gasteiger partial charge in [0.1, 0.15) is 12.1 Å². The fraction of sp³-hybridized carbons (Fsp3) is 0.609. The molecule has 1 saturated carbocycles. The summed E-state index contributed by atoms with van der Waals surface area (Å²) in [6, 6.07) is 9.92. The van der Waals surface area contributed by atoms with Crippen molar-refractivity contribution in [2.45, 2.75) is 51.1 Å². The van der Waals surface area contributed by atoms with E-state index < -0.39 is 11.6 Å². The SMILES string of the molecule is CC1CCC2(CC1)NC(=O)N(CC(=O)N1CCCN(Cc3ccccc3)CC1)C2=O. The van der Waals surface area contributed by atoms with Gasteiger partial charge in [-0.3, -0.25) is 19.4 Å². The summed E-state index contributed by atoms with van der Waals surface area (Å²) in [4.78, 5) is 43.7. The van der Waals surface area contributed by atoms with E-state index in [0.717, 1.165) is 43.8 Å². The molecule has 1 aromatic carbocycles. The van der Waals surface area contributed by atoms with Crippen molar-refractivity contribution in [1.29, 1.82) is 0 Å². The number of hydrogen-bond acceptors (Lipinski definition) is 4. The molecule has 3 fully saturated rings. The van der Waals surface area contributed by atoms with E-state index >= 15 is 0 Å². The van der Waals surface area contributed by atoms with Gasteiger partial charge in [0.15, 0.2) is 0 Å². The average Bonchev–Trinajstić information content (AvgIpc) is 2.90. The standard InChI is InChI=1S/C23H32N4O3/c1-18-8-10-23(11-9-18)21(29)27(22(30)24-23)17-20(28)26-13-5-12-25(14-15-26)16-19-6-3-2-4-7-19/h2-4,6-7,18H,5,8-17H2,1H3,(H,24,30). The second-order valence-corrected chi connectivity index (χ2v) is 9.08. The Balaban J connectivity index is 1.32. The molecule has 1 spiro atoms. The average molecular weight is 413 g/mol. The second-order valence-electron chi connectivity index (χ2n) is 9.08. The Labute approximate surface area is 178 Å². The Morgan fingerprint density at radius 2 is 1.80 bits per heavy atom. The van der Waals surface area contributed by atoms with Crippen LogP contribution in [-0.2, 0) is 16.1 Å². The number of urea groups is 1. The van der Waals surface area contributed by atoms with Crippen molar-refractivity contribution in [3.63, 3.8) is 0 Å². The first-order valence-corrected chi connectivity index (χ1v) is 11.1. The highest BCUT2D eigenvalue weighted by Gasteiger charge is 2.52. The highest BCUT2D eigenvalue weighted by Crippen LogP contribution is 2.36. The highest BCUT2D eigenvalue weighted by atomic mass is 16.2. The van der Waals surface area contributed by atoms with E-state index in [9.17, 15) is 14.4 Å². The molecule has 2 heterocycles. The van der Waals surface area contributed by atoms with Gasteiger partial charge >= 0.3 is 6.03 Å². The molecule has 0 bridgehead atoms. The molecule has 4 rings (SSSR count). The number of nitrogens with one attached hydrogen (secondary N) is 1. The van der Waals surface area contributed by atoms with Crippen LogP contribution < -0.4 is 5.32 Å². The molecular weight excluding hydrogens is 380 g/mol. The molecular formula is C23H32N4O3. The van der Waals surface area contributed by atoms with E-state index in [4.69, 9.17) is 0 Å². The second kappa shape index (κ2) is 8.76. The fourth-order valence-corrected chi connectivity index (χ4v) is 4.87. The molecule has 1 N–H and O–H groups in total. The Hall–Kier alpha value is -2.41. The molecule has 0 radical (unpaired) electrons. The number of carbonyl (C=O) groups is 3. The van der Waals surface area contributed by atoms with Gasteiger partial charge in [-0.2, -0.15) is 0 Å². The van der Waals surface area contributed by atoms with Gasteiger partial charge in [-0.15, -0.1) is 0 Å². The minimum absolute atomic E-state index is 0.138. The molecule has 0 aromatic heterocycles. The van der Waals surface area contributed by atoms with Gasteiger partial charge in [-0.1, -0.05) is 37.3 Å². The van der Waals surface area contributed by atoms with E-state index in [1.807, 2.05) is 18.2 Å². The van der Waals surface area contributed by atoms with Crippen molar-refractivity contribution in [2.75, 3.05) is 32.7 Å². The number of carbonyl (C=O) groups excluding carboxylic acids is 3. The summed E-state index contributed by atoms with van der Waals surface area (Å²) in [5, 5.41) is 2.90. The fourth-order valence-electron chi connectivity index (χ4n) is 4.87. The first-order valence-electron chi connectivity index (χ1n) is 11.1. The Bertz CT molecular complexity index is 789. The Kier molecular flexibility index (Phi) is 6.09. The number of nitrogens with zero attached hydrogens (tertiary/aromatic N) is 3. The number of amides is 4. The third-order valence-corrected chi connectivity index (χ3v) is 6.86. The zero-order valence-electron chi connectivity index (χ0n) is 17.8. The van der Waals surface area contributed by atoms with Crippen molar-refractivity contribution in [2.24, 2.45) is 5.92 Å². The van der Waals surface area contributed by atoms with Crippen molar-refractivity contribution in [3.05, 3.63) is 35.9 Å². The lowest BCUT2D eigenvalue weighted by molar-refractivity contribution is -0.139. The van der Waals surface area contributed by atoms with Crippen molar-refractivity contribution in [1.82, 2.24) is 20.0 Å². The molecule has 4 amide bonds. The Morgan fingerprint density at radius 1 is 1.07 bits per heavy atom. The molecule has 162 valence electrons. The van der Waals surface area contributed by atoms with E-state index in [2.05, 4.69) is 29.3 Å². The van der Waals surface area contributed by atoms with Crippen LogP contribution in [-0.4, -0.2) is 70.8 Å². The Morgan fingerprint density at radius 3 is 2.53 bits per heavy atom. The number of imide groups is 1. The molecule has 30 heavy (non-hydrogen) atoms. The smallest absolute Gasteiger partial charge is 0.325 e. The first kappa shape index (κ1) is 20.8. The minimum atomic E-state index is -0.783. The predicted molar refractivity (Wildman–Crippen MR) is 114 cm³/mol. The van der Waals surface area contributed by atoms with E-state index in [-0.39, 0.29) is 18.4 Å². The monoisotopic (exact) mass is 412 g/mol. The van der Waals surface area contributed by atoms with Crippen LogP contribution in [0.1, 0.15) is 44.6 Å². The van der Waals surface area contributed by atoms with Crippen molar-refractivity contribution in [3.8, 4) is 0 Å². The quantitative estimate of drug-likeness (QED) is 0.770. The van der Waals surface area contributed by atoms with Gasteiger partial charge in [-0.25, -0.2) is 4.79 Å². The molecule has 0 unspecified atom stereocenters. The highest BCUT2D eigenvalue weighted by molar-refractivity contribution is 6.09. The summed E-state index contributed by atoms with van der Waals surface area (Å²) in [6.07, 6.45) is 4.08. The van der Waals surface area contributed by atoms with Gasteiger partial charge in [0.25, 0.3) is 5.91 Å². The van der Waals surface area contributed by atoms with Crippen LogP contribution in [0, 0.1) is 5.92 Å². The lowest BCUT2D eigenvalue weighted by atomic mass is 9.77. The van der Waals surface area contributed by atoms with Gasteiger partial charge in [0.05, 0.1) is 0 Å².